The summed E-state index contributed by atoms with van der Waals surface area (Å²) in [7, 11) is 1.48. The fraction of sp³-hybridized carbons (Fsp3) is 0.0714. The number of benzene rings is 2. The van der Waals surface area contributed by atoms with Crippen LogP contribution in [0, 0.1) is 0 Å². The highest BCUT2D eigenvalue weighted by Gasteiger charge is 2.18. The van der Waals surface area contributed by atoms with E-state index in [2.05, 4.69) is 15.9 Å². The van der Waals surface area contributed by atoms with Crippen LogP contribution in [0.2, 0.25) is 15.1 Å². The third kappa shape index (κ3) is 3.12. The van der Waals surface area contributed by atoms with Crippen molar-refractivity contribution in [3.8, 4) is 5.75 Å². The zero-order valence-corrected chi connectivity index (χ0v) is 14.1. The van der Waals surface area contributed by atoms with Crippen molar-refractivity contribution < 1.29 is 9.53 Å². The van der Waals surface area contributed by atoms with Crippen LogP contribution in [0.5, 0.6) is 5.75 Å². The molecular formula is C14H8BrCl3O2. The molecule has 0 amide bonds. The normalized spacial score (nSPS) is 10.4. The fourth-order valence-electron chi connectivity index (χ4n) is 1.68. The molecule has 2 rings (SSSR count). The van der Waals surface area contributed by atoms with Crippen LogP contribution in [0.4, 0.5) is 0 Å². The van der Waals surface area contributed by atoms with E-state index in [4.69, 9.17) is 39.5 Å². The van der Waals surface area contributed by atoms with Crippen LogP contribution in [0.15, 0.2) is 34.8 Å². The van der Waals surface area contributed by atoms with Gasteiger partial charge in [0, 0.05) is 21.7 Å². The van der Waals surface area contributed by atoms with E-state index in [0.29, 0.717) is 21.4 Å². The maximum absolute atomic E-state index is 12.5. The topological polar surface area (TPSA) is 26.3 Å². The monoisotopic (exact) mass is 392 g/mol. The van der Waals surface area contributed by atoms with E-state index in [-0.39, 0.29) is 16.4 Å². The molecule has 104 valence electrons. The third-order valence-electron chi connectivity index (χ3n) is 2.66. The Morgan fingerprint density at radius 2 is 1.65 bits per heavy atom. The van der Waals surface area contributed by atoms with E-state index in [1.807, 2.05) is 0 Å². The van der Waals surface area contributed by atoms with Gasteiger partial charge in [-0.15, -0.1) is 0 Å². The van der Waals surface area contributed by atoms with Crippen molar-refractivity contribution in [2.45, 2.75) is 0 Å². The van der Waals surface area contributed by atoms with Gasteiger partial charge in [-0.1, -0.05) is 50.7 Å². The van der Waals surface area contributed by atoms with Crippen molar-refractivity contribution >= 4 is 56.5 Å². The molecule has 0 saturated heterocycles. The average molecular weight is 394 g/mol. The summed E-state index contributed by atoms with van der Waals surface area (Å²) < 4.78 is 5.84. The fourth-order valence-corrected chi connectivity index (χ4v) is 2.92. The summed E-state index contributed by atoms with van der Waals surface area (Å²) in [5.41, 5.74) is 0.639. The molecule has 2 nitrogen and oxygen atoms in total. The lowest BCUT2D eigenvalue weighted by atomic mass is 10.0. The molecule has 0 fully saturated rings. The summed E-state index contributed by atoms with van der Waals surface area (Å²) in [5.74, 6) is 0.118. The predicted molar refractivity (Wildman–Crippen MR) is 85.6 cm³/mol. The van der Waals surface area contributed by atoms with E-state index in [0.717, 1.165) is 4.47 Å². The predicted octanol–water partition coefficient (Wildman–Crippen LogP) is 5.65. The standard InChI is InChI=1S/C14H8BrCl3O2/c1-20-13-6-11(17)9(5-12(13)18)14(19)8-3-2-7(15)4-10(8)16/h2-6H,1H3. The lowest BCUT2D eigenvalue weighted by Crippen LogP contribution is -2.03. The van der Waals surface area contributed by atoms with E-state index >= 15 is 0 Å². The Bertz CT molecular complexity index is 686. The number of ketones is 1. The number of methoxy groups -OCH3 is 1. The van der Waals surface area contributed by atoms with Gasteiger partial charge in [0.1, 0.15) is 5.75 Å². The molecule has 0 aromatic heterocycles. The molecule has 0 heterocycles. The van der Waals surface area contributed by atoms with Crippen LogP contribution in [0.1, 0.15) is 15.9 Å². The molecule has 0 spiro atoms. The molecule has 20 heavy (non-hydrogen) atoms. The van der Waals surface area contributed by atoms with Crippen LogP contribution < -0.4 is 4.74 Å². The third-order valence-corrected chi connectivity index (χ3v) is 4.08. The number of carbonyl (C=O) groups is 1. The van der Waals surface area contributed by atoms with Crippen LogP contribution >= 0.6 is 50.7 Å². The number of hydrogen-bond donors (Lipinski definition) is 0. The van der Waals surface area contributed by atoms with E-state index in [1.165, 1.54) is 19.2 Å². The summed E-state index contributed by atoms with van der Waals surface area (Å²) >= 11 is 21.5. The van der Waals surface area contributed by atoms with Gasteiger partial charge in [0.2, 0.25) is 0 Å². The van der Waals surface area contributed by atoms with E-state index in [1.54, 1.807) is 18.2 Å². The van der Waals surface area contributed by atoms with Gasteiger partial charge in [-0.3, -0.25) is 4.79 Å². The highest BCUT2D eigenvalue weighted by molar-refractivity contribution is 9.10. The minimum Gasteiger partial charge on any atom is -0.495 e. The van der Waals surface area contributed by atoms with Gasteiger partial charge in [-0.25, -0.2) is 0 Å². The largest absolute Gasteiger partial charge is 0.495 e. The summed E-state index contributed by atoms with van der Waals surface area (Å²) in [6.45, 7) is 0. The van der Waals surface area contributed by atoms with Gasteiger partial charge in [0.25, 0.3) is 0 Å². The van der Waals surface area contributed by atoms with E-state index < -0.39 is 0 Å². The van der Waals surface area contributed by atoms with Gasteiger partial charge in [-0.2, -0.15) is 0 Å². The Balaban J connectivity index is 2.51. The van der Waals surface area contributed by atoms with Gasteiger partial charge in [0.05, 0.1) is 22.2 Å². The number of hydrogen-bond acceptors (Lipinski definition) is 2. The minimum atomic E-state index is -0.294. The minimum absolute atomic E-state index is 0.259. The first-order valence-electron chi connectivity index (χ1n) is 5.47. The first kappa shape index (κ1) is 15.6. The molecule has 0 aliphatic rings. The van der Waals surface area contributed by atoms with Crippen molar-refractivity contribution in [2.75, 3.05) is 7.11 Å². The van der Waals surface area contributed by atoms with Crippen LogP contribution in [0.3, 0.4) is 0 Å². The Morgan fingerprint density at radius 1 is 1.00 bits per heavy atom. The Labute approximate surface area is 139 Å². The van der Waals surface area contributed by atoms with Crippen molar-refractivity contribution in [3.05, 3.63) is 61.0 Å². The van der Waals surface area contributed by atoms with Crippen LogP contribution in [-0.4, -0.2) is 12.9 Å². The van der Waals surface area contributed by atoms with Gasteiger partial charge >= 0.3 is 0 Å². The zero-order chi connectivity index (χ0) is 14.9. The second-order valence-corrected chi connectivity index (χ2v) is 6.06. The molecule has 0 atom stereocenters. The van der Waals surface area contributed by atoms with Crippen molar-refractivity contribution in [3.63, 3.8) is 0 Å². The first-order valence-corrected chi connectivity index (χ1v) is 7.39. The first-order chi connectivity index (χ1) is 9.43. The number of ether oxygens (including phenoxy) is 1. The Kier molecular flexibility index (Phi) is 4.97. The maximum Gasteiger partial charge on any atom is 0.196 e. The molecule has 0 N–H and O–H groups in total. The molecule has 0 aliphatic carbocycles. The second-order valence-electron chi connectivity index (χ2n) is 3.92. The molecule has 2 aromatic rings. The molecule has 0 bridgehead atoms. The molecule has 0 aliphatic heterocycles. The molecule has 0 radical (unpaired) electrons. The van der Waals surface area contributed by atoms with Crippen LogP contribution in [-0.2, 0) is 0 Å². The zero-order valence-electron chi connectivity index (χ0n) is 10.2. The highest BCUT2D eigenvalue weighted by Crippen LogP contribution is 2.33. The highest BCUT2D eigenvalue weighted by atomic mass is 79.9. The quantitative estimate of drug-likeness (QED) is 0.629. The lowest BCUT2D eigenvalue weighted by Gasteiger charge is -2.09. The summed E-state index contributed by atoms with van der Waals surface area (Å²) in [4.78, 5) is 12.5. The maximum atomic E-state index is 12.5. The average Bonchev–Trinajstić information content (AvgIpc) is 2.40. The molecular weight excluding hydrogens is 386 g/mol. The summed E-state index contributed by atoms with van der Waals surface area (Å²) in [6.07, 6.45) is 0. The van der Waals surface area contributed by atoms with Crippen molar-refractivity contribution in [1.82, 2.24) is 0 Å². The Hall–Kier alpha value is -0.740. The van der Waals surface area contributed by atoms with Crippen molar-refractivity contribution in [2.24, 2.45) is 0 Å². The van der Waals surface area contributed by atoms with Crippen LogP contribution in [0.25, 0.3) is 0 Å². The SMILES string of the molecule is COc1cc(Cl)c(C(=O)c2ccc(Br)cc2Cl)cc1Cl. The van der Waals surface area contributed by atoms with Gasteiger partial charge in [-0.05, 0) is 24.3 Å². The molecule has 0 unspecified atom stereocenters. The molecule has 0 saturated carbocycles. The number of halogens is 4. The number of rotatable bonds is 3. The van der Waals surface area contributed by atoms with Crippen molar-refractivity contribution in [1.29, 1.82) is 0 Å². The molecule has 6 heteroatoms. The lowest BCUT2D eigenvalue weighted by molar-refractivity contribution is 0.103. The smallest absolute Gasteiger partial charge is 0.196 e. The van der Waals surface area contributed by atoms with Gasteiger partial charge in [0.15, 0.2) is 5.78 Å². The molecule has 2 aromatic carbocycles. The number of carbonyl (C=O) groups excluding carboxylic acids is 1. The van der Waals surface area contributed by atoms with Gasteiger partial charge < -0.3 is 4.74 Å². The Morgan fingerprint density at radius 3 is 2.25 bits per heavy atom. The summed E-state index contributed by atoms with van der Waals surface area (Å²) in [5, 5.41) is 0.913. The van der Waals surface area contributed by atoms with E-state index in [9.17, 15) is 4.79 Å². The summed E-state index contributed by atoms with van der Waals surface area (Å²) in [6, 6.07) is 7.99. The second kappa shape index (κ2) is 6.35.